The maximum atomic E-state index is 12.6. The van der Waals surface area contributed by atoms with Gasteiger partial charge < -0.3 is 14.6 Å². The number of carbonyl (C=O) groups is 2. The molecule has 2 rings (SSSR count). The molecule has 0 aliphatic heterocycles. The lowest BCUT2D eigenvalue weighted by Crippen LogP contribution is -2.41. The second kappa shape index (κ2) is 8.01. The van der Waals surface area contributed by atoms with E-state index in [1.807, 2.05) is 0 Å². The molecule has 1 aromatic rings. The van der Waals surface area contributed by atoms with E-state index in [4.69, 9.17) is 4.74 Å². The minimum absolute atomic E-state index is 0.0470. The van der Waals surface area contributed by atoms with E-state index in [0.29, 0.717) is 0 Å². The van der Waals surface area contributed by atoms with Crippen LogP contribution in [0.5, 0.6) is 0 Å². The van der Waals surface area contributed by atoms with Crippen molar-refractivity contribution in [2.24, 2.45) is 7.05 Å². The number of hydrogen-bond acceptors (Lipinski definition) is 5. The molecule has 0 bridgehead atoms. The van der Waals surface area contributed by atoms with E-state index in [2.05, 4.69) is 5.32 Å². The smallest absolute Gasteiger partial charge is 0.354 e. The Morgan fingerprint density at radius 2 is 2.00 bits per heavy atom. The topological polar surface area (TPSA) is 97.7 Å². The quantitative estimate of drug-likeness (QED) is 0.718. The van der Waals surface area contributed by atoms with Gasteiger partial charge in [0, 0.05) is 26.3 Å². The molecular weight excluding hydrogens is 346 g/mol. The molecule has 1 aliphatic rings. The molecule has 0 aromatic carbocycles. The van der Waals surface area contributed by atoms with Crippen LogP contribution in [-0.4, -0.2) is 55.4 Å². The van der Waals surface area contributed by atoms with Gasteiger partial charge in [-0.3, -0.25) is 4.79 Å². The number of carbonyl (C=O) groups excluding carboxylic acids is 2. The Bertz CT molecular complexity index is 735. The summed E-state index contributed by atoms with van der Waals surface area (Å²) in [4.78, 5) is 23.8. The minimum Gasteiger partial charge on any atom is -0.461 e. The minimum atomic E-state index is -3.87. The summed E-state index contributed by atoms with van der Waals surface area (Å²) in [5, 5.41) is 2.86. The van der Waals surface area contributed by atoms with Crippen molar-refractivity contribution >= 4 is 21.9 Å². The molecule has 9 heteroatoms. The number of aromatic nitrogens is 1. The third-order valence-corrected chi connectivity index (χ3v) is 6.03. The highest BCUT2D eigenvalue weighted by molar-refractivity contribution is 7.89. The predicted octanol–water partition coefficient (Wildman–Crippen LogP) is 0.881. The van der Waals surface area contributed by atoms with Crippen molar-refractivity contribution in [2.45, 2.75) is 43.5 Å². The van der Waals surface area contributed by atoms with E-state index in [-0.39, 0.29) is 35.7 Å². The average Bonchev–Trinajstić information content (AvgIpc) is 3.17. The number of esters is 1. The highest BCUT2D eigenvalue weighted by atomic mass is 32.2. The number of hydrogen-bond donors (Lipinski definition) is 1. The molecule has 0 saturated heterocycles. The van der Waals surface area contributed by atoms with Crippen LogP contribution in [0.25, 0.3) is 0 Å². The van der Waals surface area contributed by atoms with E-state index < -0.39 is 16.0 Å². The molecule has 0 atom stereocenters. The first-order chi connectivity index (χ1) is 11.8. The number of nitrogens with one attached hydrogen (secondary N) is 1. The Morgan fingerprint density at radius 1 is 1.36 bits per heavy atom. The lowest BCUT2D eigenvalue weighted by Gasteiger charge is -2.18. The molecule has 1 fully saturated rings. The maximum Gasteiger partial charge on any atom is 0.354 e. The zero-order valence-corrected chi connectivity index (χ0v) is 15.6. The van der Waals surface area contributed by atoms with Crippen LogP contribution in [0.3, 0.4) is 0 Å². The van der Waals surface area contributed by atoms with Crippen LogP contribution < -0.4 is 5.32 Å². The van der Waals surface area contributed by atoms with E-state index in [1.54, 1.807) is 14.0 Å². The zero-order valence-electron chi connectivity index (χ0n) is 14.8. The highest BCUT2D eigenvalue weighted by Crippen LogP contribution is 2.19. The van der Waals surface area contributed by atoms with Gasteiger partial charge in [-0.25, -0.2) is 13.2 Å². The van der Waals surface area contributed by atoms with Crippen LogP contribution in [0.4, 0.5) is 0 Å². The molecule has 0 radical (unpaired) electrons. The number of amides is 1. The molecule has 1 aromatic heterocycles. The first-order valence-electron chi connectivity index (χ1n) is 8.35. The van der Waals surface area contributed by atoms with Gasteiger partial charge in [-0.1, -0.05) is 12.8 Å². The molecule has 1 heterocycles. The van der Waals surface area contributed by atoms with Crippen LogP contribution in [0, 0.1) is 0 Å². The number of aryl methyl sites for hydroxylation is 1. The summed E-state index contributed by atoms with van der Waals surface area (Å²) in [5.74, 6) is -0.910. The molecule has 25 heavy (non-hydrogen) atoms. The summed E-state index contributed by atoms with van der Waals surface area (Å²) in [6.45, 7) is 1.62. The summed E-state index contributed by atoms with van der Waals surface area (Å²) < 4.78 is 32.6. The van der Waals surface area contributed by atoms with Crippen LogP contribution in [0.2, 0.25) is 0 Å². The van der Waals surface area contributed by atoms with Crippen LogP contribution in [-0.2, 0) is 26.6 Å². The van der Waals surface area contributed by atoms with Crippen LogP contribution in [0.1, 0.15) is 43.1 Å². The Hall–Kier alpha value is -1.87. The lowest BCUT2D eigenvalue weighted by atomic mass is 10.2. The Labute approximate surface area is 148 Å². The van der Waals surface area contributed by atoms with E-state index in [1.165, 1.54) is 23.9 Å². The van der Waals surface area contributed by atoms with E-state index in [9.17, 15) is 18.0 Å². The second-order valence-electron chi connectivity index (χ2n) is 6.20. The van der Waals surface area contributed by atoms with Gasteiger partial charge in [0.25, 0.3) is 0 Å². The first-order valence-corrected chi connectivity index (χ1v) is 9.79. The van der Waals surface area contributed by atoms with E-state index >= 15 is 0 Å². The third-order valence-electron chi connectivity index (χ3n) is 4.26. The molecule has 8 nitrogen and oxygen atoms in total. The van der Waals surface area contributed by atoms with Gasteiger partial charge in [-0.05, 0) is 25.8 Å². The van der Waals surface area contributed by atoms with Crippen molar-refractivity contribution in [1.82, 2.24) is 14.2 Å². The Morgan fingerprint density at radius 3 is 2.60 bits per heavy atom. The van der Waals surface area contributed by atoms with Gasteiger partial charge in [-0.2, -0.15) is 4.31 Å². The summed E-state index contributed by atoms with van der Waals surface area (Å²) >= 11 is 0. The van der Waals surface area contributed by atoms with E-state index in [0.717, 1.165) is 30.0 Å². The van der Waals surface area contributed by atoms with Crippen LogP contribution >= 0.6 is 0 Å². The summed E-state index contributed by atoms with van der Waals surface area (Å²) in [7, 11) is -0.959. The number of likely N-dealkylation sites (N-methyl/N-ethyl adjacent to an activating group) is 1. The predicted molar refractivity (Wildman–Crippen MR) is 91.6 cm³/mol. The molecule has 1 N–H and O–H groups in total. The van der Waals surface area contributed by atoms with Gasteiger partial charge in [0.15, 0.2) is 0 Å². The fraction of sp³-hybridized carbons (Fsp3) is 0.625. The van der Waals surface area contributed by atoms with Crippen molar-refractivity contribution in [1.29, 1.82) is 0 Å². The zero-order chi connectivity index (χ0) is 18.6. The van der Waals surface area contributed by atoms with Gasteiger partial charge in [-0.15, -0.1) is 0 Å². The van der Waals surface area contributed by atoms with Crippen molar-refractivity contribution < 1.29 is 22.7 Å². The van der Waals surface area contributed by atoms with Crippen molar-refractivity contribution in [3.05, 3.63) is 18.0 Å². The first kappa shape index (κ1) is 19.5. The van der Waals surface area contributed by atoms with Gasteiger partial charge in [0.2, 0.25) is 15.9 Å². The molecule has 1 aliphatic carbocycles. The number of nitrogens with zero attached hydrogens (tertiary/aromatic N) is 2. The number of rotatable bonds is 7. The summed E-state index contributed by atoms with van der Waals surface area (Å²) in [6.07, 6.45) is 5.38. The fourth-order valence-corrected chi connectivity index (χ4v) is 4.09. The van der Waals surface area contributed by atoms with Gasteiger partial charge in [0.1, 0.15) is 10.6 Å². The second-order valence-corrected chi connectivity index (χ2v) is 8.25. The SMILES string of the molecule is CCOC(=O)c1cc(S(=O)(=O)N(C)CC(=O)NC2CCCC2)cn1C. The monoisotopic (exact) mass is 371 g/mol. The van der Waals surface area contributed by atoms with Gasteiger partial charge >= 0.3 is 5.97 Å². The van der Waals surface area contributed by atoms with Crippen molar-refractivity contribution in [3.8, 4) is 0 Å². The number of ether oxygens (including phenoxy) is 1. The fourth-order valence-electron chi connectivity index (χ4n) is 2.89. The standard InChI is InChI=1S/C16H25N3O5S/c1-4-24-16(21)14-9-13(10-18(14)2)25(22,23)19(3)11-15(20)17-12-7-5-6-8-12/h9-10,12H,4-8,11H2,1-3H3,(H,17,20). The molecule has 1 saturated carbocycles. The molecule has 140 valence electrons. The Balaban J connectivity index is 2.07. The normalized spacial score (nSPS) is 15.5. The average molecular weight is 371 g/mol. The summed E-state index contributed by atoms with van der Waals surface area (Å²) in [5.41, 5.74) is 0.143. The highest BCUT2D eigenvalue weighted by Gasteiger charge is 2.27. The molecule has 0 spiro atoms. The van der Waals surface area contributed by atoms with Gasteiger partial charge in [0.05, 0.1) is 13.2 Å². The lowest BCUT2D eigenvalue weighted by molar-refractivity contribution is -0.121. The molecular formula is C16H25N3O5S. The van der Waals surface area contributed by atoms with Crippen LogP contribution in [0.15, 0.2) is 17.2 Å². The summed E-state index contributed by atoms with van der Waals surface area (Å²) in [6, 6.07) is 1.40. The Kier molecular flexibility index (Phi) is 6.23. The maximum absolute atomic E-state index is 12.6. The number of sulfonamides is 1. The third kappa shape index (κ3) is 4.60. The largest absolute Gasteiger partial charge is 0.461 e. The molecule has 1 amide bonds. The molecule has 0 unspecified atom stereocenters. The van der Waals surface area contributed by atoms with Crippen molar-refractivity contribution in [2.75, 3.05) is 20.2 Å². The van der Waals surface area contributed by atoms with Crippen molar-refractivity contribution in [3.63, 3.8) is 0 Å².